The summed E-state index contributed by atoms with van der Waals surface area (Å²) < 4.78 is 1.92. The highest BCUT2D eigenvalue weighted by Crippen LogP contribution is 2.21. The van der Waals surface area contributed by atoms with E-state index in [1.165, 1.54) is 0 Å². The Morgan fingerprint density at radius 3 is 2.24 bits per heavy atom. The molecule has 0 bridgehead atoms. The van der Waals surface area contributed by atoms with Crippen molar-refractivity contribution in [1.82, 2.24) is 9.47 Å². The van der Waals surface area contributed by atoms with E-state index in [4.69, 9.17) is 0 Å². The zero-order valence-electron chi connectivity index (χ0n) is 13.9. The number of carbonyl (C=O) groups excluding carboxylic acids is 1. The normalized spacial score (nSPS) is 17.5. The predicted molar refractivity (Wildman–Crippen MR) is 97.5 cm³/mol. The first-order valence-electron chi connectivity index (χ1n) is 8.61. The first-order chi connectivity index (χ1) is 12.2. The molecule has 1 amide bonds. The van der Waals surface area contributed by atoms with E-state index in [-0.39, 0.29) is 30.5 Å². The number of likely N-dealkylation sites (tertiary alicyclic amines) is 1. The predicted octanol–water partition coefficient (Wildman–Crippen LogP) is 2.14. The van der Waals surface area contributed by atoms with E-state index in [2.05, 4.69) is 0 Å². The van der Waals surface area contributed by atoms with Crippen molar-refractivity contribution in [3.8, 4) is 0 Å². The molecule has 1 aromatic heterocycles. The van der Waals surface area contributed by atoms with Crippen molar-refractivity contribution in [2.75, 3.05) is 13.2 Å². The van der Waals surface area contributed by atoms with Crippen LogP contribution in [0.5, 0.6) is 0 Å². The monoisotopic (exact) mass is 336 g/mol. The third-order valence-electron chi connectivity index (χ3n) is 5.08. The molecule has 0 radical (unpaired) electrons. The Bertz CT molecular complexity index is 949. The number of hydrogen-bond donors (Lipinski definition) is 1. The van der Waals surface area contributed by atoms with Crippen LogP contribution < -0.4 is 5.43 Å². The minimum Gasteiger partial charge on any atom is -0.394 e. The van der Waals surface area contributed by atoms with E-state index >= 15 is 0 Å². The fraction of sp³-hybridized carbons (Fsp3) is 0.300. The van der Waals surface area contributed by atoms with Gasteiger partial charge in [-0.25, -0.2) is 0 Å². The molecule has 128 valence electrons. The van der Waals surface area contributed by atoms with Crippen molar-refractivity contribution in [3.63, 3.8) is 0 Å². The fourth-order valence-electron chi connectivity index (χ4n) is 3.83. The first-order valence-corrected chi connectivity index (χ1v) is 8.61. The molecule has 1 aliphatic rings. The molecular formula is C20H20N2O3. The number of carbonyl (C=O) groups is 1. The molecule has 2 heterocycles. The molecule has 5 heteroatoms. The molecule has 1 aliphatic heterocycles. The van der Waals surface area contributed by atoms with Crippen molar-refractivity contribution < 1.29 is 9.90 Å². The smallest absolute Gasteiger partial charge is 0.242 e. The highest BCUT2D eigenvalue weighted by Gasteiger charge is 2.28. The molecule has 5 nitrogen and oxygen atoms in total. The second-order valence-electron chi connectivity index (χ2n) is 6.52. The lowest BCUT2D eigenvalue weighted by Crippen LogP contribution is -2.39. The highest BCUT2D eigenvalue weighted by molar-refractivity contribution is 5.94. The maximum Gasteiger partial charge on any atom is 0.242 e. The lowest BCUT2D eigenvalue weighted by Gasteiger charge is -2.24. The molecule has 1 atom stereocenters. The molecule has 3 aromatic rings. The molecule has 0 saturated carbocycles. The summed E-state index contributed by atoms with van der Waals surface area (Å²) in [6.07, 6.45) is 1.76. The third kappa shape index (κ3) is 2.61. The molecule has 25 heavy (non-hydrogen) atoms. The van der Waals surface area contributed by atoms with Crippen LogP contribution in [0.1, 0.15) is 12.8 Å². The van der Waals surface area contributed by atoms with Gasteiger partial charge in [-0.15, -0.1) is 0 Å². The summed E-state index contributed by atoms with van der Waals surface area (Å²) in [6.45, 7) is 0.843. The van der Waals surface area contributed by atoms with Gasteiger partial charge >= 0.3 is 0 Å². The highest BCUT2D eigenvalue weighted by atomic mass is 16.3. The Balaban J connectivity index is 1.86. The number of hydrogen-bond acceptors (Lipinski definition) is 3. The molecule has 2 aromatic carbocycles. The quantitative estimate of drug-likeness (QED) is 0.746. The van der Waals surface area contributed by atoms with Crippen molar-refractivity contribution in [3.05, 3.63) is 58.8 Å². The first kappa shape index (κ1) is 15.8. The summed E-state index contributed by atoms with van der Waals surface area (Å²) in [4.78, 5) is 27.4. The summed E-state index contributed by atoms with van der Waals surface area (Å²) in [5.41, 5.74) is 1.52. The Morgan fingerprint density at radius 2 is 1.64 bits per heavy atom. The second kappa shape index (κ2) is 6.33. The fourth-order valence-corrected chi connectivity index (χ4v) is 3.83. The van der Waals surface area contributed by atoms with Gasteiger partial charge in [-0.3, -0.25) is 9.59 Å². The molecule has 4 rings (SSSR count). The lowest BCUT2D eigenvalue weighted by atomic mass is 10.1. The van der Waals surface area contributed by atoms with Crippen LogP contribution in [0.15, 0.2) is 53.3 Å². The molecule has 1 saturated heterocycles. The van der Waals surface area contributed by atoms with Gasteiger partial charge in [0.1, 0.15) is 6.54 Å². The average molecular weight is 336 g/mol. The summed E-state index contributed by atoms with van der Waals surface area (Å²) in [5, 5.41) is 10.7. The van der Waals surface area contributed by atoms with Crippen molar-refractivity contribution in [2.45, 2.75) is 25.4 Å². The van der Waals surface area contributed by atoms with E-state index in [9.17, 15) is 14.7 Å². The molecule has 0 unspecified atom stereocenters. The van der Waals surface area contributed by atoms with Crippen LogP contribution in [0.3, 0.4) is 0 Å². The summed E-state index contributed by atoms with van der Waals surface area (Å²) in [7, 11) is 0. The number of aliphatic hydroxyl groups is 1. The van der Waals surface area contributed by atoms with Gasteiger partial charge in [0.2, 0.25) is 5.91 Å². The van der Waals surface area contributed by atoms with Crippen LogP contribution >= 0.6 is 0 Å². The van der Waals surface area contributed by atoms with Crippen LogP contribution in [0.25, 0.3) is 21.8 Å². The average Bonchev–Trinajstić information content (AvgIpc) is 3.14. The summed E-state index contributed by atoms with van der Waals surface area (Å²) in [6, 6.07) is 14.7. The van der Waals surface area contributed by atoms with Gasteiger partial charge in [-0.2, -0.15) is 0 Å². The Hall–Kier alpha value is -2.66. The number of benzene rings is 2. The van der Waals surface area contributed by atoms with Crippen LogP contribution in [0.2, 0.25) is 0 Å². The molecule has 1 N–H and O–H groups in total. The van der Waals surface area contributed by atoms with Crippen molar-refractivity contribution in [2.24, 2.45) is 0 Å². The summed E-state index contributed by atoms with van der Waals surface area (Å²) >= 11 is 0. The van der Waals surface area contributed by atoms with E-state index < -0.39 is 0 Å². The van der Waals surface area contributed by atoms with Gasteiger partial charge in [-0.05, 0) is 37.1 Å². The minimum atomic E-state index is -0.0931. The van der Waals surface area contributed by atoms with Crippen molar-refractivity contribution >= 4 is 27.7 Å². The lowest BCUT2D eigenvalue weighted by molar-refractivity contribution is -0.133. The van der Waals surface area contributed by atoms with Gasteiger partial charge < -0.3 is 14.6 Å². The number of aromatic nitrogens is 1. The number of fused-ring (bicyclic) bond motifs is 2. The molecular weight excluding hydrogens is 316 g/mol. The summed E-state index contributed by atoms with van der Waals surface area (Å²) in [5.74, 6) is -0.0181. The topological polar surface area (TPSA) is 62.5 Å². The van der Waals surface area contributed by atoms with Crippen LogP contribution in [-0.4, -0.2) is 39.7 Å². The van der Waals surface area contributed by atoms with Gasteiger partial charge in [-0.1, -0.05) is 24.3 Å². The second-order valence-corrected chi connectivity index (χ2v) is 6.52. The number of pyridine rings is 1. The number of aliphatic hydroxyl groups excluding tert-OH is 1. The maximum atomic E-state index is 12.9. The molecule has 0 aliphatic carbocycles. The maximum absolute atomic E-state index is 12.9. The van der Waals surface area contributed by atoms with E-state index in [0.29, 0.717) is 17.3 Å². The number of nitrogens with zero attached hydrogens (tertiary/aromatic N) is 2. The van der Waals surface area contributed by atoms with Gasteiger partial charge in [0.05, 0.1) is 23.7 Å². The van der Waals surface area contributed by atoms with E-state index in [1.807, 2.05) is 41.0 Å². The molecule has 1 fully saturated rings. The standard InChI is InChI=1S/C20H20N2O3/c23-13-14-6-5-11-21(14)19(24)12-22-17-9-3-1-7-15(17)20(25)16-8-2-4-10-18(16)22/h1-4,7-10,14,23H,5-6,11-13H2/t14-/m1/s1. The Morgan fingerprint density at radius 1 is 1.04 bits per heavy atom. The number of rotatable bonds is 3. The minimum absolute atomic E-state index is 0.00258. The SMILES string of the molecule is O=C(Cn1c2ccccc2c(=O)c2ccccc21)N1CCC[C@@H]1CO. The largest absolute Gasteiger partial charge is 0.394 e. The zero-order chi connectivity index (χ0) is 17.4. The van der Waals surface area contributed by atoms with Crippen LogP contribution in [-0.2, 0) is 11.3 Å². The van der Waals surface area contributed by atoms with Gasteiger partial charge in [0.25, 0.3) is 0 Å². The Labute approximate surface area is 145 Å². The van der Waals surface area contributed by atoms with Gasteiger partial charge in [0.15, 0.2) is 5.43 Å². The number of amides is 1. The molecule has 0 spiro atoms. The van der Waals surface area contributed by atoms with Crippen molar-refractivity contribution in [1.29, 1.82) is 0 Å². The van der Waals surface area contributed by atoms with E-state index in [0.717, 1.165) is 23.9 Å². The van der Waals surface area contributed by atoms with E-state index in [1.54, 1.807) is 17.0 Å². The Kier molecular flexibility index (Phi) is 4.01. The van der Waals surface area contributed by atoms with Crippen LogP contribution in [0, 0.1) is 0 Å². The van der Waals surface area contributed by atoms with Crippen LogP contribution in [0.4, 0.5) is 0 Å². The third-order valence-corrected chi connectivity index (χ3v) is 5.08. The number of para-hydroxylation sites is 2. The van der Waals surface area contributed by atoms with Gasteiger partial charge in [0, 0.05) is 17.3 Å². The zero-order valence-corrected chi connectivity index (χ0v) is 13.9.